The van der Waals surface area contributed by atoms with Gasteiger partial charge in [-0.3, -0.25) is 4.79 Å². The second-order valence-electron chi connectivity index (χ2n) is 5.63. The van der Waals surface area contributed by atoms with Gasteiger partial charge in [-0.25, -0.2) is 0 Å². The highest BCUT2D eigenvalue weighted by molar-refractivity contribution is 5.85. The Hall–Kier alpha value is -1.06. The summed E-state index contributed by atoms with van der Waals surface area (Å²) in [6, 6.07) is 10.2. The van der Waals surface area contributed by atoms with E-state index in [4.69, 9.17) is 0 Å². The van der Waals surface area contributed by atoms with Crippen LogP contribution in [0, 0.1) is 5.92 Å². The number of nitrogens with zero attached hydrogens (tertiary/aromatic N) is 1. The number of hydrogen-bond donors (Lipinski definition) is 1. The van der Waals surface area contributed by atoms with Crippen LogP contribution in [0.1, 0.15) is 38.2 Å². The highest BCUT2D eigenvalue weighted by Crippen LogP contribution is 2.18. The van der Waals surface area contributed by atoms with E-state index >= 15 is 0 Å². The summed E-state index contributed by atoms with van der Waals surface area (Å²) in [5.74, 6) is 1.03. The van der Waals surface area contributed by atoms with Gasteiger partial charge in [0.15, 0.2) is 0 Å². The normalized spacial score (nSPS) is 15.3. The molecule has 1 aliphatic heterocycles. The van der Waals surface area contributed by atoms with Crippen molar-refractivity contribution in [2.45, 2.75) is 39.2 Å². The van der Waals surface area contributed by atoms with Gasteiger partial charge >= 0.3 is 0 Å². The van der Waals surface area contributed by atoms with Crippen LogP contribution in [-0.4, -0.2) is 30.4 Å². The number of amides is 1. The Morgan fingerprint density at radius 2 is 1.90 bits per heavy atom. The molecule has 1 aromatic rings. The summed E-state index contributed by atoms with van der Waals surface area (Å²) in [7, 11) is 0. The lowest BCUT2D eigenvalue weighted by molar-refractivity contribution is -0.132. The van der Waals surface area contributed by atoms with Crippen LogP contribution in [-0.2, 0) is 11.3 Å². The van der Waals surface area contributed by atoms with Crippen molar-refractivity contribution in [3.05, 3.63) is 35.9 Å². The zero-order valence-corrected chi connectivity index (χ0v) is 13.7. The smallest absolute Gasteiger partial charge is 0.222 e. The third kappa shape index (κ3) is 6.06. The molecular weight excluding hydrogens is 284 g/mol. The molecule has 0 bridgehead atoms. The predicted octanol–water partition coefficient (Wildman–Crippen LogP) is 3.24. The van der Waals surface area contributed by atoms with E-state index in [0.717, 1.165) is 38.5 Å². The van der Waals surface area contributed by atoms with Crippen molar-refractivity contribution in [3.63, 3.8) is 0 Å². The SMILES string of the molecule is CCN(Cc1ccccc1)C(=O)CCC1CCNCC1.Cl. The summed E-state index contributed by atoms with van der Waals surface area (Å²) in [5, 5.41) is 3.37. The Bertz CT molecular complexity index is 405. The Morgan fingerprint density at radius 3 is 2.52 bits per heavy atom. The number of hydrogen-bond acceptors (Lipinski definition) is 2. The number of benzene rings is 1. The van der Waals surface area contributed by atoms with Crippen molar-refractivity contribution >= 4 is 18.3 Å². The average Bonchev–Trinajstić information content (AvgIpc) is 2.52. The summed E-state index contributed by atoms with van der Waals surface area (Å²) in [4.78, 5) is 14.3. The van der Waals surface area contributed by atoms with Crippen molar-refractivity contribution in [3.8, 4) is 0 Å². The minimum atomic E-state index is 0. The first-order valence-corrected chi connectivity index (χ1v) is 7.82. The Balaban J connectivity index is 0.00000220. The summed E-state index contributed by atoms with van der Waals surface area (Å²) >= 11 is 0. The molecule has 1 N–H and O–H groups in total. The molecule has 3 nitrogen and oxygen atoms in total. The summed E-state index contributed by atoms with van der Waals surface area (Å²) in [5.41, 5.74) is 1.21. The van der Waals surface area contributed by atoms with E-state index in [2.05, 4.69) is 24.4 Å². The quantitative estimate of drug-likeness (QED) is 0.875. The number of carbonyl (C=O) groups excluding carboxylic acids is 1. The van der Waals surface area contributed by atoms with E-state index in [0.29, 0.717) is 12.3 Å². The Kier molecular flexibility index (Phi) is 8.40. The second-order valence-corrected chi connectivity index (χ2v) is 5.63. The first kappa shape index (κ1) is 18.0. The lowest BCUT2D eigenvalue weighted by Gasteiger charge is -2.25. The van der Waals surface area contributed by atoms with Gasteiger partial charge in [0, 0.05) is 19.5 Å². The van der Waals surface area contributed by atoms with Gasteiger partial charge in [-0.15, -0.1) is 12.4 Å². The minimum absolute atomic E-state index is 0. The number of rotatable bonds is 6. The molecule has 1 aromatic carbocycles. The van der Waals surface area contributed by atoms with Gasteiger partial charge in [-0.2, -0.15) is 0 Å². The average molecular weight is 311 g/mol. The fraction of sp³-hybridized carbons (Fsp3) is 0.588. The molecule has 1 fully saturated rings. The van der Waals surface area contributed by atoms with Crippen LogP contribution in [0.25, 0.3) is 0 Å². The Labute approximate surface area is 134 Å². The van der Waals surface area contributed by atoms with Crippen molar-refractivity contribution in [1.29, 1.82) is 0 Å². The van der Waals surface area contributed by atoms with Gasteiger partial charge in [0.05, 0.1) is 0 Å². The molecule has 1 aliphatic rings. The molecule has 2 rings (SSSR count). The summed E-state index contributed by atoms with van der Waals surface area (Å²) < 4.78 is 0. The molecule has 1 saturated heterocycles. The van der Waals surface area contributed by atoms with Gasteiger partial charge in [-0.05, 0) is 50.8 Å². The fourth-order valence-electron chi connectivity index (χ4n) is 2.84. The molecule has 1 heterocycles. The molecular formula is C17H27ClN2O. The molecule has 0 radical (unpaired) electrons. The molecule has 0 spiro atoms. The van der Waals surface area contributed by atoms with Crippen LogP contribution < -0.4 is 5.32 Å². The van der Waals surface area contributed by atoms with E-state index in [1.807, 2.05) is 23.1 Å². The van der Waals surface area contributed by atoms with Crippen LogP contribution in [0.3, 0.4) is 0 Å². The van der Waals surface area contributed by atoms with Crippen LogP contribution in [0.5, 0.6) is 0 Å². The number of carbonyl (C=O) groups is 1. The topological polar surface area (TPSA) is 32.3 Å². The molecule has 0 unspecified atom stereocenters. The molecule has 1 amide bonds. The Morgan fingerprint density at radius 1 is 1.24 bits per heavy atom. The van der Waals surface area contributed by atoms with Crippen molar-refractivity contribution in [2.75, 3.05) is 19.6 Å². The molecule has 0 aliphatic carbocycles. The van der Waals surface area contributed by atoms with Crippen molar-refractivity contribution in [2.24, 2.45) is 5.92 Å². The maximum Gasteiger partial charge on any atom is 0.222 e. The minimum Gasteiger partial charge on any atom is -0.339 e. The molecule has 0 aromatic heterocycles. The zero-order chi connectivity index (χ0) is 14.2. The first-order valence-electron chi connectivity index (χ1n) is 7.82. The van der Waals surface area contributed by atoms with Gasteiger partial charge < -0.3 is 10.2 Å². The molecule has 118 valence electrons. The highest BCUT2D eigenvalue weighted by Gasteiger charge is 2.17. The first-order chi connectivity index (χ1) is 9.79. The fourth-order valence-corrected chi connectivity index (χ4v) is 2.84. The predicted molar refractivity (Wildman–Crippen MR) is 89.6 cm³/mol. The molecule has 0 atom stereocenters. The van der Waals surface area contributed by atoms with E-state index in [9.17, 15) is 4.79 Å². The van der Waals surface area contributed by atoms with Gasteiger partial charge in [0.1, 0.15) is 0 Å². The maximum absolute atomic E-state index is 12.3. The van der Waals surface area contributed by atoms with E-state index in [-0.39, 0.29) is 12.4 Å². The van der Waals surface area contributed by atoms with E-state index < -0.39 is 0 Å². The molecule has 0 saturated carbocycles. The zero-order valence-electron chi connectivity index (χ0n) is 12.9. The van der Waals surface area contributed by atoms with Crippen LogP contribution in [0.2, 0.25) is 0 Å². The standard InChI is InChI=1S/C17H26N2O.ClH/c1-2-19(14-16-6-4-3-5-7-16)17(20)9-8-15-10-12-18-13-11-15;/h3-7,15,18H,2,8-14H2,1H3;1H. The van der Waals surface area contributed by atoms with Crippen LogP contribution >= 0.6 is 12.4 Å². The number of nitrogens with one attached hydrogen (secondary N) is 1. The van der Waals surface area contributed by atoms with E-state index in [1.54, 1.807) is 0 Å². The van der Waals surface area contributed by atoms with Gasteiger partial charge in [0.2, 0.25) is 5.91 Å². The maximum atomic E-state index is 12.3. The monoisotopic (exact) mass is 310 g/mol. The van der Waals surface area contributed by atoms with Gasteiger partial charge in [0.25, 0.3) is 0 Å². The second kappa shape index (κ2) is 9.80. The summed E-state index contributed by atoms with van der Waals surface area (Å²) in [6.45, 7) is 5.81. The summed E-state index contributed by atoms with van der Waals surface area (Å²) in [6.07, 6.45) is 4.19. The largest absolute Gasteiger partial charge is 0.339 e. The van der Waals surface area contributed by atoms with Crippen molar-refractivity contribution < 1.29 is 4.79 Å². The van der Waals surface area contributed by atoms with Gasteiger partial charge in [-0.1, -0.05) is 30.3 Å². The number of piperidine rings is 1. The molecule has 21 heavy (non-hydrogen) atoms. The third-order valence-electron chi connectivity index (χ3n) is 4.18. The highest BCUT2D eigenvalue weighted by atomic mass is 35.5. The molecule has 4 heteroatoms. The van der Waals surface area contributed by atoms with Crippen LogP contribution in [0.15, 0.2) is 30.3 Å². The third-order valence-corrected chi connectivity index (χ3v) is 4.18. The number of halogens is 1. The van der Waals surface area contributed by atoms with Crippen molar-refractivity contribution in [1.82, 2.24) is 10.2 Å². The van der Waals surface area contributed by atoms with Crippen LogP contribution in [0.4, 0.5) is 0 Å². The lowest BCUT2D eigenvalue weighted by Crippen LogP contribution is -2.32. The lowest BCUT2D eigenvalue weighted by atomic mass is 9.93. The van der Waals surface area contributed by atoms with E-state index in [1.165, 1.54) is 18.4 Å².